The fraction of sp³-hybridized carbons (Fsp3) is 0.200. The number of rotatable bonds is 4. The summed E-state index contributed by atoms with van der Waals surface area (Å²) >= 11 is 5.70. The molecule has 0 unspecified atom stereocenters. The first-order valence-corrected chi connectivity index (χ1v) is 6.91. The number of non-ortho nitro benzene ring substituents is 1. The summed E-state index contributed by atoms with van der Waals surface area (Å²) < 4.78 is 0. The molecule has 22 heavy (non-hydrogen) atoms. The van der Waals surface area contributed by atoms with E-state index in [2.05, 4.69) is 4.98 Å². The zero-order valence-electron chi connectivity index (χ0n) is 12.1. The number of nitro benzene ring substituents is 1. The fourth-order valence-corrected chi connectivity index (χ4v) is 2.12. The van der Waals surface area contributed by atoms with E-state index in [-0.39, 0.29) is 17.6 Å². The third-order valence-electron chi connectivity index (χ3n) is 3.44. The lowest BCUT2D eigenvalue weighted by Crippen LogP contribution is -2.29. The van der Waals surface area contributed by atoms with Gasteiger partial charge in [-0.3, -0.25) is 14.9 Å². The van der Waals surface area contributed by atoms with Crippen LogP contribution >= 0.6 is 11.6 Å². The van der Waals surface area contributed by atoms with E-state index in [1.165, 1.54) is 23.2 Å². The molecule has 0 fully saturated rings. The Hall–Kier alpha value is -2.47. The molecule has 1 aromatic heterocycles. The third kappa shape index (κ3) is 3.40. The van der Waals surface area contributed by atoms with Crippen molar-refractivity contribution >= 4 is 23.2 Å². The van der Waals surface area contributed by atoms with Crippen molar-refractivity contribution in [3.05, 3.63) is 69.0 Å². The summed E-state index contributed by atoms with van der Waals surface area (Å²) in [4.78, 5) is 28.2. The first-order valence-electron chi connectivity index (χ1n) is 6.53. The maximum absolute atomic E-state index is 12.4. The maximum atomic E-state index is 12.4. The second-order valence-corrected chi connectivity index (χ2v) is 5.20. The molecule has 0 N–H and O–H groups in total. The van der Waals surface area contributed by atoms with E-state index >= 15 is 0 Å². The molecule has 0 radical (unpaired) electrons. The van der Waals surface area contributed by atoms with Crippen molar-refractivity contribution in [2.75, 3.05) is 7.05 Å². The number of nitro groups is 1. The van der Waals surface area contributed by atoms with Crippen LogP contribution in [0.2, 0.25) is 5.15 Å². The Morgan fingerprint density at radius 2 is 2.09 bits per heavy atom. The number of pyridine rings is 1. The summed E-state index contributed by atoms with van der Waals surface area (Å²) in [5.41, 5.74) is 1.09. The molecule has 2 rings (SSSR count). The zero-order valence-corrected chi connectivity index (χ0v) is 12.8. The topological polar surface area (TPSA) is 76.3 Å². The molecule has 0 bridgehead atoms. The number of carbonyl (C=O) groups is 1. The molecule has 0 aliphatic carbocycles. The average Bonchev–Trinajstić information content (AvgIpc) is 2.53. The van der Waals surface area contributed by atoms with E-state index in [0.717, 1.165) is 0 Å². The molecule has 0 saturated carbocycles. The molecule has 6 nitrogen and oxygen atoms in total. The van der Waals surface area contributed by atoms with Gasteiger partial charge in [-0.2, -0.15) is 0 Å². The first kappa shape index (κ1) is 15.9. The zero-order chi connectivity index (χ0) is 16.3. The highest BCUT2D eigenvalue weighted by atomic mass is 35.5. The molecule has 1 heterocycles. The van der Waals surface area contributed by atoms with Crippen molar-refractivity contribution in [3.8, 4) is 0 Å². The third-order valence-corrected chi connectivity index (χ3v) is 3.66. The van der Waals surface area contributed by atoms with Gasteiger partial charge in [0.1, 0.15) is 5.15 Å². The lowest BCUT2D eigenvalue weighted by molar-refractivity contribution is -0.384. The minimum absolute atomic E-state index is 0.00152. The van der Waals surface area contributed by atoms with Crippen LogP contribution in [0.4, 0.5) is 5.69 Å². The molecule has 0 saturated heterocycles. The Bertz CT molecular complexity index is 703. The van der Waals surface area contributed by atoms with Crippen LogP contribution in [0.3, 0.4) is 0 Å². The number of halogens is 1. The molecule has 1 amide bonds. The minimum Gasteiger partial charge on any atom is -0.335 e. The van der Waals surface area contributed by atoms with E-state index in [9.17, 15) is 14.9 Å². The highest BCUT2D eigenvalue weighted by molar-refractivity contribution is 6.29. The number of carbonyl (C=O) groups excluding carboxylic acids is 1. The van der Waals surface area contributed by atoms with E-state index in [1.54, 1.807) is 38.2 Å². The van der Waals surface area contributed by atoms with Crippen LogP contribution in [-0.2, 0) is 0 Å². The predicted molar refractivity (Wildman–Crippen MR) is 82.9 cm³/mol. The number of aromatic nitrogens is 1. The van der Waals surface area contributed by atoms with Crippen molar-refractivity contribution in [1.29, 1.82) is 0 Å². The second-order valence-electron chi connectivity index (χ2n) is 4.81. The van der Waals surface area contributed by atoms with Gasteiger partial charge in [0.15, 0.2) is 0 Å². The molecular weight excluding hydrogens is 306 g/mol. The molecule has 7 heteroatoms. The Morgan fingerprint density at radius 3 is 2.68 bits per heavy atom. The molecule has 1 atom stereocenters. The Morgan fingerprint density at radius 1 is 1.36 bits per heavy atom. The maximum Gasteiger partial charge on any atom is 0.269 e. The molecule has 0 aliphatic heterocycles. The highest BCUT2D eigenvalue weighted by Gasteiger charge is 2.20. The van der Waals surface area contributed by atoms with Gasteiger partial charge in [-0.15, -0.1) is 0 Å². The SMILES string of the molecule is C[C@H](c1cccc([N+](=O)[O-])c1)N(C)C(=O)c1ccc(Cl)nc1. The number of amides is 1. The largest absolute Gasteiger partial charge is 0.335 e. The Balaban J connectivity index is 2.22. The van der Waals surface area contributed by atoms with Crippen LogP contribution in [0.1, 0.15) is 28.9 Å². The van der Waals surface area contributed by atoms with Crippen molar-refractivity contribution in [2.24, 2.45) is 0 Å². The number of benzene rings is 1. The van der Waals surface area contributed by atoms with Gasteiger partial charge in [0, 0.05) is 25.4 Å². The summed E-state index contributed by atoms with van der Waals surface area (Å²) in [5, 5.41) is 11.1. The van der Waals surface area contributed by atoms with Crippen molar-refractivity contribution in [2.45, 2.75) is 13.0 Å². The van der Waals surface area contributed by atoms with Crippen LogP contribution in [0, 0.1) is 10.1 Å². The standard InChI is InChI=1S/C15H14ClN3O3/c1-10(11-4-3-5-13(8-11)19(21)22)18(2)15(20)12-6-7-14(16)17-9-12/h3-10H,1-2H3/t10-/m1/s1. The highest BCUT2D eigenvalue weighted by Crippen LogP contribution is 2.24. The van der Waals surface area contributed by atoms with E-state index < -0.39 is 4.92 Å². The normalized spacial score (nSPS) is 11.8. The van der Waals surface area contributed by atoms with Gasteiger partial charge in [-0.25, -0.2) is 4.98 Å². The Kier molecular flexibility index (Phi) is 4.72. The van der Waals surface area contributed by atoms with Crippen LogP contribution < -0.4 is 0 Å². The van der Waals surface area contributed by atoms with Crippen molar-refractivity contribution in [1.82, 2.24) is 9.88 Å². The van der Waals surface area contributed by atoms with E-state index in [4.69, 9.17) is 11.6 Å². The quantitative estimate of drug-likeness (QED) is 0.491. The van der Waals surface area contributed by atoms with E-state index in [1.807, 2.05) is 0 Å². The summed E-state index contributed by atoms with van der Waals surface area (Å²) in [6.45, 7) is 1.81. The van der Waals surface area contributed by atoms with Crippen molar-refractivity contribution in [3.63, 3.8) is 0 Å². The van der Waals surface area contributed by atoms with Crippen LogP contribution in [0.25, 0.3) is 0 Å². The van der Waals surface area contributed by atoms with E-state index in [0.29, 0.717) is 16.3 Å². The van der Waals surface area contributed by atoms with Crippen LogP contribution in [-0.4, -0.2) is 27.8 Å². The lowest BCUT2D eigenvalue weighted by Gasteiger charge is -2.25. The molecule has 0 spiro atoms. The number of hydrogen-bond acceptors (Lipinski definition) is 4. The monoisotopic (exact) mass is 319 g/mol. The van der Waals surface area contributed by atoms with Gasteiger partial charge in [0.25, 0.3) is 11.6 Å². The molecule has 0 aliphatic rings. The van der Waals surface area contributed by atoms with Gasteiger partial charge in [-0.1, -0.05) is 23.7 Å². The van der Waals surface area contributed by atoms with Gasteiger partial charge >= 0.3 is 0 Å². The van der Waals surface area contributed by atoms with Gasteiger partial charge in [-0.05, 0) is 24.6 Å². The summed E-state index contributed by atoms with van der Waals surface area (Å²) in [5.74, 6) is -0.233. The average molecular weight is 320 g/mol. The van der Waals surface area contributed by atoms with Gasteiger partial charge < -0.3 is 4.90 Å². The first-order chi connectivity index (χ1) is 10.4. The van der Waals surface area contributed by atoms with Crippen molar-refractivity contribution < 1.29 is 9.72 Å². The predicted octanol–water partition coefficient (Wildman–Crippen LogP) is 3.48. The van der Waals surface area contributed by atoms with Crippen LogP contribution in [0.5, 0.6) is 0 Å². The second kappa shape index (κ2) is 6.53. The number of nitrogens with zero attached hydrogens (tertiary/aromatic N) is 3. The Labute approximate surface area is 132 Å². The summed E-state index contributed by atoms with van der Waals surface area (Å²) in [6, 6.07) is 9.06. The summed E-state index contributed by atoms with van der Waals surface area (Å²) in [6.07, 6.45) is 1.40. The smallest absolute Gasteiger partial charge is 0.269 e. The number of hydrogen-bond donors (Lipinski definition) is 0. The van der Waals surface area contributed by atoms with Gasteiger partial charge in [0.2, 0.25) is 0 Å². The summed E-state index contributed by atoms with van der Waals surface area (Å²) in [7, 11) is 1.64. The van der Waals surface area contributed by atoms with Gasteiger partial charge in [0.05, 0.1) is 16.5 Å². The molecule has 1 aromatic carbocycles. The fourth-order valence-electron chi connectivity index (χ4n) is 2.00. The molecule has 2 aromatic rings. The molecule has 114 valence electrons. The molecular formula is C15H14ClN3O3. The minimum atomic E-state index is -0.457. The lowest BCUT2D eigenvalue weighted by atomic mass is 10.1. The van der Waals surface area contributed by atoms with Crippen LogP contribution in [0.15, 0.2) is 42.6 Å².